The highest BCUT2D eigenvalue weighted by Gasteiger charge is 2.39. The number of hydrogen-bond donors (Lipinski definition) is 1. The highest BCUT2D eigenvalue weighted by molar-refractivity contribution is 4.95. The van der Waals surface area contributed by atoms with Gasteiger partial charge in [-0.2, -0.15) is 0 Å². The van der Waals surface area contributed by atoms with Crippen LogP contribution >= 0.6 is 0 Å². The van der Waals surface area contributed by atoms with Crippen LogP contribution < -0.4 is 5.32 Å². The van der Waals surface area contributed by atoms with Crippen molar-refractivity contribution < 1.29 is 0 Å². The summed E-state index contributed by atoms with van der Waals surface area (Å²) in [5, 5.41) is 3.73. The molecule has 3 fully saturated rings. The van der Waals surface area contributed by atoms with Gasteiger partial charge >= 0.3 is 0 Å². The van der Waals surface area contributed by atoms with Crippen LogP contribution in [0.1, 0.15) is 58.3 Å². The predicted molar refractivity (Wildman–Crippen MR) is 89.7 cm³/mol. The molecule has 0 aromatic heterocycles. The van der Waals surface area contributed by atoms with Gasteiger partial charge in [0.1, 0.15) is 0 Å². The number of likely N-dealkylation sites (N-methyl/N-ethyl adjacent to an activating group) is 1. The maximum atomic E-state index is 3.73. The SMILES string of the molecule is CCCNCC1(CN2CCC3CCC(C2)N3C)CCCC1. The van der Waals surface area contributed by atoms with Crippen molar-refractivity contribution >= 4 is 0 Å². The lowest BCUT2D eigenvalue weighted by Crippen LogP contribution is -2.45. The Morgan fingerprint density at radius 1 is 1.10 bits per heavy atom. The molecule has 0 amide bonds. The van der Waals surface area contributed by atoms with E-state index in [1.807, 2.05) is 0 Å². The van der Waals surface area contributed by atoms with E-state index in [1.54, 1.807) is 0 Å². The molecule has 2 atom stereocenters. The van der Waals surface area contributed by atoms with Crippen LogP contribution in [0.4, 0.5) is 0 Å². The molecular formula is C18H35N3. The van der Waals surface area contributed by atoms with Crippen LogP contribution in [0.25, 0.3) is 0 Å². The van der Waals surface area contributed by atoms with Gasteiger partial charge in [-0.05, 0) is 64.1 Å². The van der Waals surface area contributed by atoms with E-state index in [9.17, 15) is 0 Å². The molecule has 2 aliphatic heterocycles. The Balaban J connectivity index is 1.58. The van der Waals surface area contributed by atoms with Gasteiger partial charge in [-0.25, -0.2) is 0 Å². The molecule has 1 aliphatic carbocycles. The highest BCUT2D eigenvalue weighted by atomic mass is 15.3. The minimum Gasteiger partial charge on any atom is -0.316 e. The monoisotopic (exact) mass is 293 g/mol. The number of rotatable bonds is 6. The molecule has 21 heavy (non-hydrogen) atoms. The van der Waals surface area contributed by atoms with E-state index in [1.165, 1.54) is 84.1 Å². The van der Waals surface area contributed by atoms with Crippen LogP contribution in [0.5, 0.6) is 0 Å². The molecule has 2 heterocycles. The van der Waals surface area contributed by atoms with Crippen LogP contribution in [0.3, 0.4) is 0 Å². The zero-order valence-corrected chi connectivity index (χ0v) is 14.2. The number of fused-ring (bicyclic) bond motifs is 2. The Morgan fingerprint density at radius 2 is 1.86 bits per heavy atom. The van der Waals surface area contributed by atoms with Gasteiger partial charge < -0.3 is 10.2 Å². The smallest absolute Gasteiger partial charge is 0.0223 e. The summed E-state index contributed by atoms with van der Waals surface area (Å²) < 4.78 is 0. The molecule has 1 N–H and O–H groups in total. The summed E-state index contributed by atoms with van der Waals surface area (Å²) in [7, 11) is 2.36. The van der Waals surface area contributed by atoms with E-state index in [0.29, 0.717) is 5.41 Å². The maximum Gasteiger partial charge on any atom is 0.0223 e. The minimum absolute atomic E-state index is 0.581. The largest absolute Gasteiger partial charge is 0.316 e. The molecule has 0 aromatic rings. The fraction of sp³-hybridized carbons (Fsp3) is 1.00. The molecule has 3 rings (SSSR count). The van der Waals surface area contributed by atoms with Crippen molar-refractivity contribution in [3.63, 3.8) is 0 Å². The summed E-state index contributed by atoms with van der Waals surface area (Å²) in [5.41, 5.74) is 0.581. The number of hydrogen-bond acceptors (Lipinski definition) is 3. The molecule has 0 aromatic carbocycles. The first-order valence-electron chi connectivity index (χ1n) is 9.37. The van der Waals surface area contributed by atoms with Gasteiger partial charge in [-0.1, -0.05) is 19.8 Å². The lowest BCUT2D eigenvalue weighted by molar-refractivity contribution is 0.136. The third-order valence-electron chi connectivity index (χ3n) is 6.38. The second-order valence-corrected chi connectivity index (χ2v) is 7.96. The van der Waals surface area contributed by atoms with E-state index >= 15 is 0 Å². The lowest BCUT2D eigenvalue weighted by Gasteiger charge is -2.36. The molecule has 2 unspecified atom stereocenters. The summed E-state index contributed by atoms with van der Waals surface area (Å²) in [6.45, 7) is 8.72. The first-order chi connectivity index (χ1) is 10.2. The van der Waals surface area contributed by atoms with E-state index in [0.717, 1.165) is 12.1 Å². The third-order valence-corrected chi connectivity index (χ3v) is 6.38. The molecule has 3 heteroatoms. The van der Waals surface area contributed by atoms with Gasteiger partial charge in [0, 0.05) is 31.7 Å². The molecule has 3 aliphatic rings. The second-order valence-electron chi connectivity index (χ2n) is 7.96. The highest BCUT2D eigenvalue weighted by Crippen LogP contribution is 2.39. The normalized spacial score (nSPS) is 33.4. The first-order valence-corrected chi connectivity index (χ1v) is 9.37. The Hall–Kier alpha value is -0.120. The van der Waals surface area contributed by atoms with Gasteiger partial charge in [0.2, 0.25) is 0 Å². The summed E-state index contributed by atoms with van der Waals surface area (Å²) in [4.78, 5) is 5.50. The number of nitrogens with one attached hydrogen (secondary N) is 1. The fourth-order valence-corrected chi connectivity index (χ4v) is 5.04. The predicted octanol–water partition coefficient (Wildman–Crippen LogP) is 2.71. The molecule has 2 bridgehead atoms. The molecule has 2 saturated heterocycles. The van der Waals surface area contributed by atoms with Crippen LogP contribution in [-0.4, -0.2) is 61.7 Å². The van der Waals surface area contributed by atoms with Crippen LogP contribution in [0.2, 0.25) is 0 Å². The summed E-state index contributed by atoms with van der Waals surface area (Å²) >= 11 is 0. The zero-order chi connectivity index (χ0) is 14.7. The van der Waals surface area contributed by atoms with E-state index < -0.39 is 0 Å². The van der Waals surface area contributed by atoms with Gasteiger partial charge in [-0.3, -0.25) is 4.90 Å². The van der Waals surface area contributed by atoms with Crippen molar-refractivity contribution in [1.82, 2.24) is 15.1 Å². The molecule has 122 valence electrons. The molecule has 3 nitrogen and oxygen atoms in total. The van der Waals surface area contributed by atoms with Gasteiger partial charge in [0.25, 0.3) is 0 Å². The first kappa shape index (κ1) is 15.8. The van der Waals surface area contributed by atoms with Crippen molar-refractivity contribution in [3.05, 3.63) is 0 Å². The maximum absolute atomic E-state index is 3.73. The van der Waals surface area contributed by atoms with E-state index in [-0.39, 0.29) is 0 Å². The standard InChI is InChI=1S/C18H35N3/c1-3-11-19-14-18(9-4-5-10-18)15-21-12-8-16-6-7-17(13-21)20(16)2/h16-17,19H,3-15H2,1-2H3. The zero-order valence-electron chi connectivity index (χ0n) is 14.2. The fourth-order valence-electron chi connectivity index (χ4n) is 5.04. The van der Waals surface area contributed by atoms with Crippen molar-refractivity contribution in [2.45, 2.75) is 70.4 Å². The minimum atomic E-state index is 0.581. The van der Waals surface area contributed by atoms with Crippen molar-refractivity contribution in [2.24, 2.45) is 5.41 Å². The third kappa shape index (κ3) is 3.62. The number of nitrogens with zero attached hydrogens (tertiary/aromatic N) is 2. The van der Waals surface area contributed by atoms with Gasteiger partial charge in [0.15, 0.2) is 0 Å². The Morgan fingerprint density at radius 3 is 2.62 bits per heavy atom. The van der Waals surface area contributed by atoms with Gasteiger partial charge in [0.05, 0.1) is 0 Å². The topological polar surface area (TPSA) is 18.5 Å². The summed E-state index contributed by atoms with van der Waals surface area (Å²) in [6, 6.07) is 1.71. The Kier molecular flexibility index (Phi) is 5.23. The summed E-state index contributed by atoms with van der Waals surface area (Å²) in [5.74, 6) is 0. The van der Waals surface area contributed by atoms with Crippen molar-refractivity contribution in [3.8, 4) is 0 Å². The van der Waals surface area contributed by atoms with Crippen LogP contribution in [0, 0.1) is 5.41 Å². The van der Waals surface area contributed by atoms with Crippen molar-refractivity contribution in [1.29, 1.82) is 0 Å². The number of likely N-dealkylation sites (tertiary alicyclic amines) is 1. The average molecular weight is 293 g/mol. The molecule has 0 radical (unpaired) electrons. The second kappa shape index (κ2) is 6.97. The van der Waals surface area contributed by atoms with E-state index in [2.05, 4.69) is 29.1 Å². The summed E-state index contributed by atoms with van der Waals surface area (Å²) in [6.07, 6.45) is 11.3. The van der Waals surface area contributed by atoms with Crippen molar-refractivity contribution in [2.75, 3.05) is 39.8 Å². The lowest BCUT2D eigenvalue weighted by atomic mass is 9.85. The van der Waals surface area contributed by atoms with Gasteiger partial charge in [-0.15, -0.1) is 0 Å². The molecule has 1 saturated carbocycles. The quantitative estimate of drug-likeness (QED) is 0.760. The molecular weight excluding hydrogens is 258 g/mol. The average Bonchev–Trinajstić information content (AvgIpc) is 3.00. The van der Waals surface area contributed by atoms with Crippen LogP contribution in [0.15, 0.2) is 0 Å². The van der Waals surface area contributed by atoms with Crippen LogP contribution in [-0.2, 0) is 0 Å². The Labute approximate surface area is 131 Å². The Bertz CT molecular complexity index is 324. The molecule has 0 spiro atoms. The van der Waals surface area contributed by atoms with E-state index in [4.69, 9.17) is 0 Å².